The Bertz CT molecular complexity index is 146. The summed E-state index contributed by atoms with van der Waals surface area (Å²) in [5.74, 6) is 0.751. The van der Waals surface area contributed by atoms with Crippen molar-refractivity contribution in [3.8, 4) is 6.07 Å². The van der Waals surface area contributed by atoms with E-state index in [1.807, 2.05) is 0 Å². The van der Waals surface area contributed by atoms with E-state index in [1.54, 1.807) is 0 Å². The molecule has 0 aliphatic carbocycles. The molecule has 0 N–H and O–H groups in total. The van der Waals surface area contributed by atoms with Gasteiger partial charge in [0.2, 0.25) is 0 Å². The van der Waals surface area contributed by atoms with Crippen molar-refractivity contribution in [2.45, 2.75) is 71.6 Å². The lowest BCUT2D eigenvalue weighted by molar-refractivity contribution is 0.460. The molecule has 0 bridgehead atoms. The highest BCUT2D eigenvalue weighted by molar-refractivity contribution is 4.70. The number of rotatable bonds is 9. The molecule has 0 saturated carbocycles. The van der Waals surface area contributed by atoms with Gasteiger partial charge < -0.3 is 0 Å². The summed E-state index contributed by atoms with van der Waals surface area (Å²) in [7, 11) is 0. The molecular weight excluding hydrogens is 170 g/mol. The van der Waals surface area contributed by atoms with Crippen molar-refractivity contribution in [1.82, 2.24) is 0 Å². The van der Waals surface area contributed by atoms with E-state index in [2.05, 4.69) is 19.9 Å². The van der Waals surface area contributed by atoms with Gasteiger partial charge in [-0.05, 0) is 12.3 Å². The first-order valence-electron chi connectivity index (χ1n) is 6.18. The predicted molar refractivity (Wildman–Crippen MR) is 62.0 cm³/mol. The van der Waals surface area contributed by atoms with E-state index >= 15 is 0 Å². The monoisotopic (exact) mass is 195 g/mol. The maximum absolute atomic E-state index is 8.43. The molecule has 0 aromatic rings. The molecule has 0 rings (SSSR count). The SMILES string of the molecule is CCCCCCCCC(C)CCC#N. The minimum Gasteiger partial charge on any atom is -0.198 e. The first-order chi connectivity index (χ1) is 6.81. The molecule has 0 aromatic heterocycles. The maximum Gasteiger partial charge on any atom is 0.0621 e. The van der Waals surface area contributed by atoms with E-state index in [1.165, 1.54) is 44.9 Å². The summed E-state index contributed by atoms with van der Waals surface area (Å²) in [5.41, 5.74) is 0. The van der Waals surface area contributed by atoms with Gasteiger partial charge in [0.1, 0.15) is 0 Å². The largest absolute Gasteiger partial charge is 0.198 e. The average Bonchev–Trinajstić information content (AvgIpc) is 2.20. The van der Waals surface area contributed by atoms with Gasteiger partial charge in [0.15, 0.2) is 0 Å². The second kappa shape index (κ2) is 10.6. The van der Waals surface area contributed by atoms with Crippen molar-refractivity contribution in [1.29, 1.82) is 5.26 Å². The zero-order valence-corrected chi connectivity index (χ0v) is 9.89. The molecule has 0 saturated heterocycles. The third kappa shape index (κ3) is 9.58. The van der Waals surface area contributed by atoms with Crippen LogP contribution in [0.5, 0.6) is 0 Å². The van der Waals surface area contributed by atoms with Crippen LogP contribution in [0, 0.1) is 17.2 Å². The van der Waals surface area contributed by atoms with Gasteiger partial charge in [0, 0.05) is 6.42 Å². The molecular formula is C13H25N. The molecule has 82 valence electrons. The van der Waals surface area contributed by atoms with Crippen LogP contribution >= 0.6 is 0 Å². The van der Waals surface area contributed by atoms with Gasteiger partial charge in [-0.25, -0.2) is 0 Å². The van der Waals surface area contributed by atoms with Crippen molar-refractivity contribution >= 4 is 0 Å². The second-order valence-corrected chi connectivity index (χ2v) is 4.36. The zero-order chi connectivity index (χ0) is 10.6. The summed E-state index contributed by atoms with van der Waals surface area (Å²) in [4.78, 5) is 0. The Hall–Kier alpha value is -0.510. The summed E-state index contributed by atoms with van der Waals surface area (Å²) in [6.07, 6.45) is 11.4. The summed E-state index contributed by atoms with van der Waals surface area (Å²) >= 11 is 0. The quantitative estimate of drug-likeness (QED) is 0.490. The fraction of sp³-hybridized carbons (Fsp3) is 0.923. The minimum atomic E-state index is 0.733. The van der Waals surface area contributed by atoms with E-state index in [-0.39, 0.29) is 0 Å². The van der Waals surface area contributed by atoms with E-state index in [9.17, 15) is 0 Å². The zero-order valence-electron chi connectivity index (χ0n) is 9.89. The first-order valence-corrected chi connectivity index (χ1v) is 6.18. The normalized spacial score (nSPS) is 12.4. The summed E-state index contributed by atoms with van der Waals surface area (Å²) in [6.45, 7) is 4.52. The lowest BCUT2D eigenvalue weighted by Crippen LogP contribution is -1.93. The molecule has 0 radical (unpaired) electrons. The highest BCUT2D eigenvalue weighted by atomic mass is 14.2. The highest BCUT2D eigenvalue weighted by Crippen LogP contribution is 2.15. The molecule has 0 heterocycles. The summed E-state index contributed by atoms with van der Waals surface area (Å²) in [5, 5.41) is 8.43. The second-order valence-electron chi connectivity index (χ2n) is 4.36. The van der Waals surface area contributed by atoms with Crippen LogP contribution in [0.4, 0.5) is 0 Å². The van der Waals surface area contributed by atoms with Gasteiger partial charge in [-0.15, -0.1) is 0 Å². The number of hydrogen-bond acceptors (Lipinski definition) is 1. The maximum atomic E-state index is 8.43. The molecule has 14 heavy (non-hydrogen) atoms. The standard InChI is InChI=1S/C13H25N/c1-3-4-5-6-7-8-10-13(2)11-9-12-14/h13H,3-11H2,1-2H3. The van der Waals surface area contributed by atoms with Crippen molar-refractivity contribution in [3.63, 3.8) is 0 Å². The van der Waals surface area contributed by atoms with E-state index < -0.39 is 0 Å². The fourth-order valence-electron chi connectivity index (χ4n) is 1.73. The van der Waals surface area contributed by atoms with Crippen LogP contribution in [0.15, 0.2) is 0 Å². The number of nitrogens with zero attached hydrogens (tertiary/aromatic N) is 1. The Morgan fingerprint density at radius 3 is 2.29 bits per heavy atom. The van der Waals surface area contributed by atoms with Gasteiger partial charge in [-0.1, -0.05) is 58.8 Å². The predicted octanol–water partition coefficient (Wildman–Crippen LogP) is 4.68. The van der Waals surface area contributed by atoms with Crippen molar-refractivity contribution in [3.05, 3.63) is 0 Å². The van der Waals surface area contributed by atoms with Crippen LogP contribution in [0.3, 0.4) is 0 Å². The molecule has 0 fully saturated rings. The van der Waals surface area contributed by atoms with Gasteiger partial charge in [0.05, 0.1) is 6.07 Å². The van der Waals surface area contributed by atoms with E-state index in [0.717, 1.165) is 18.8 Å². The van der Waals surface area contributed by atoms with Crippen molar-refractivity contribution in [2.24, 2.45) is 5.92 Å². The Kier molecular flexibility index (Phi) is 10.2. The van der Waals surface area contributed by atoms with Gasteiger partial charge in [0.25, 0.3) is 0 Å². The first kappa shape index (κ1) is 13.5. The highest BCUT2D eigenvalue weighted by Gasteiger charge is 2.00. The Labute approximate surface area is 89.5 Å². The van der Waals surface area contributed by atoms with Gasteiger partial charge >= 0.3 is 0 Å². The van der Waals surface area contributed by atoms with E-state index in [4.69, 9.17) is 5.26 Å². The van der Waals surface area contributed by atoms with Crippen LogP contribution in [0.2, 0.25) is 0 Å². The van der Waals surface area contributed by atoms with E-state index in [0.29, 0.717) is 0 Å². The third-order valence-electron chi connectivity index (χ3n) is 2.80. The molecule has 1 atom stereocenters. The van der Waals surface area contributed by atoms with Crippen LogP contribution < -0.4 is 0 Å². The third-order valence-corrected chi connectivity index (χ3v) is 2.80. The Balaban J connectivity index is 3.07. The minimum absolute atomic E-state index is 0.733. The number of nitriles is 1. The summed E-state index contributed by atoms with van der Waals surface area (Å²) in [6, 6.07) is 2.22. The fourth-order valence-corrected chi connectivity index (χ4v) is 1.73. The van der Waals surface area contributed by atoms with Crippen LogP contribution in [-0.2, 0) is 0 Å². The van der Waals surface area contributed by atoms with Crippen LogP contribution in [0.1, 0.15) is 71.6 Å². The summed E-state index contributed by atoms with van der Waals surface area (Å²) < 4.78 is 0. The molecule has 1 nitrogen and oxygen atoms in total. The van der Waals surface area contributed by atoms with Gasteiger partial charge in [-0.3, -0.25) is 0 Å². The Morgan fingerprint density at radius 1 is 1.00 bits per heavy atom. The number of hydrogen-bond donors (Lipinski definition) is 0. The average molecular weight is 195 g/mol. The van der Waals surface area contributed by atoms with Crippen LogP contribution in [0.25, 0.3) is 0 Å². The smallest absolute Gasteiger partial charge is 0.0621 e. The Morgan fingerprint density at radius 2 is 1.64 bits per heavy atom. The molecule has 0 aromatic carbocycles. The molecule has 0 amide bonds. The topological polar surface area (TPSA) is 23.8 Å². The molecule has 0 aliphatic heterocycles. The van der Waals surface area contributed by atoms with Gasteiger partial charge in [-0.2, -0.15) is 5.26 Å². The molecule has 1 unspecified atom stereocenters. The molecule has 1 heteroatoms. The van der Waals surface area contributed by atoms with Crippen molar-refractivity contribution < 1.29 is 0 Å². The lowest BCUT2D eigenvalue weighted by Gasteiger charge is -2.08. The van der Waals surface area contributed by atoms with Crippen LogP contribution in [-0.4, -0.2) is 0 Å². The molecule has 0 spiro atoms. The molecule has 0 aliphatic rings. The lowest BCUT2D eigenvalue weighted by atomic mass is 9.98. The number of unbranched alkanes of at least 4 members (excludes halogenated alkanes) is 5. The van der Waals surface area contributed by atoms with Crippen molar-refractivity contribution in [2.75, 3.05) is 0 Å².